The Morgan fingerprint density at radius 3 is 2.67 bits per heavy atom. The molecule has 0 aromatic carbocycles. The first-order chi connectivity index (χ1) is 11.7. The Bertz CT molecular complexity index is 613. The van der Waals surface area contributed by atoms with Crippen molar-refractivity contribution >= 4 is 17.7 Å². The second-order valence-corrected chi connectivity index (χ2v) is 7.75. The first kappa shape index (κ1) is 17.3. The maximum Gasteiger partial charge on any atom is 0.231 e. The molecule has 1 fully saturated rings. The minimum Gasteiger partial charge on any atom is -0.337 e. The second-order valence-electron chi connectivity index (χ2n) is 6.81. The number of fused-ring (bicyclic) bond motifs is 1. The van der Waals surface area contributed by atoms with E-state index < -0.39 is 5.54 Å². The van der Waals surface area contributed by atoms with Crippen molar-refractivity contribution in [3.05, 3.63) is 5.82 Å². The summed E-state index contributed by atoms with van der Waals surface area (Å²) in [7, 11) is 0. The monoisotopic (exact) mass is 347 g/mol. The van der Waals surface area contributed by atoms with Gasteiger partial charge in [0.1, 0.15) is 11.4 Å². The number of hydrogen-bond acceptors (Lipinski definition) is 5. The molecule has 2 heterocycles. The molecule has 0 unspecified atom stereocenters. The predicted molar refractivity (Wildman–Crippen MR) is 92.5 cm³/mol. The van der Waals surface area contributed by atoms with Gasteiger partial charge in [-0.05, 0) is 25.7 Å². The smallest absolute Gasteiger partial charge is 0.231 e. The zero-order valence-corrected chi connectivity index (χ0v) is 14.9. The molecule has 1 aromatic heterocycles. The molecule has 2 aliphatic rings. The molecule has 0 bridgehead atoms. The Morgan fingerprint density at radius 2 is 1.92 bits per heavy atom. The molecule has 1 N–H and O–H groups in total. The molecule has 7 heteroatoms. The molecular weight excluding hydrogens is 322 g/mol. The molecule has 1 saturated carbocycles. The van der Waals surface area contributed by atoms with Crippen LogP contribution >= 0.6 is 11.8 Å². The molecule has 1 aliphatic carbocycles. The van der Waals surface area contributed by atoms with E-state index in [2.05, 4.69) is 26.2 Å². The molecule has 0 saturated heterocycles. The van der Waals surface area contributed by atoms with Gasteiger partial charge in [0, 0.05) is 13.0 Å². The number of amides is 1. The molecular formula is C17H25N5OS. The third-order valence-electron chi connectivity index (χ3n) is 4.96. The van der Waals surface area contributed by atoms with Gasteiger partial charge >= 0.3 is 0 Å². The summed E-state index contributed by atoms with van der Waals surface area (Å²) < 4.78 is 2.15. The van der Waals surface area contributed by atoms with Gasteiger partial charge in [-0.3, -0.25) is 4.79 Å². The molecule has 24 heavy (non-hydrogen) atoms. The van der Waals surface area contributed by atoms with Crippen LogP contribution in [0.25, 0.3) is 0 Å². The third-order valence-corrected chi connectivity index (χ3v) is 5.92. The van der Waals surface area contributed by atoms with Crippen molar-refractivity contribution < 1.29 is 4.79 Å². The number of carbonyl (C=O) groups excluding carboxylic acids is 1. The lowest BCUT2D eigenvalue weighted by Gasteiger charge is -2.26. The summed E-state index contributed by atoms with van der Waals surface area (Å²) in [5, 5.41) is 21.9. The fourth-order valence-electron chi connectivity index (χ4n) is 3.60. The van der Waals surface area contributed by atoms with Crippen molar-refractivity contribution in [1.82, 2.24) is 20.1 Å². The van der Waals surface area contributed by atoms with Crippen molar-refractivity contribution in [1.29, 1.82) is 5.26 Å². The topological polar surface area (TPSA) is 83.6 Å². The Hall–Kier alpha value is -1.55. The lowest BCUT2D eigenvalue weighted by Crippen LogP contribution is -2.47. The molecule has 6 nitrogen and oxygen atoms in total. The summed E-state index contributed by atoms with van der Waals surface area (Å²) in [4.78, 5) is 12.4. The van der Waals surface area contributed by atoms with Crippen molar-refractivity contribution in [2.24, 2.45) is 0 Å². The van der Waals surface area contributed by atoms with Crippen molar-refractivity contribution in [2.45, 2.75) is 81.4 Å². The average molecular weight is 347 g/mol. The molecule has 0 atom stereocenters. The largest absolute Gasteiger partial charge is 0.337 e. The summed E-state index contributed by atoms with van der Waals surface area (Å²) in [6.07, 6.45) is 10.4. The third kappa shape index (κ3) is 4.10. The Labute approximate surface area is 147 Å². The van der Waals surface area contributed by atoms with Crippen LogP contribution < -0.4 is 5.32 Å². The van der Waals surface area contributed by atoms with Crippen LogP contribution in [0.3, 0.4) is 0 Å². The van der Waals surface area contributed by atoms with Gasteiger partial charge in [0.2, 0.25) is 5.91 Å². The maximum absolute atomic E-state index is 12.4. The highest BCUT2D eigenvalue weighted by Gasteiger charge is 2.32. The van der Waals surface area contributed by atoms with Crippen molar-refractivity contribution in [3.63, 3.8) is 0 Å². The first-order valence-electron chi connectivity index (χ1n) is 9.00. The molecule has 1 aliphatic heterocycles. The number of nitriles is 1. The van der Waals surface area contributed by atoms with Gasteiger partial charge < -0.3 is 9.88 Å². The standard InChI is InChI=1S/C17H25N5OS/c18-13-17(9-5-1-2-6-10-17)19-15(23)12-24-16-21-20-14-8-4-3-7-11-22(14)16/h1-12H2,(H,19,23). The molecule has 3 rings (SSSR count). The number of aryl methyl sites for hydroxylation is 1. The van der Waals surface area contributed by atoms with Crippen molar-refractivity contribution in [3.8, 4) is 6.07 Å². The molecule has 1 aromatic rings. The van der Waals surface area contributed by atoms with Crippen LogP contribution in [0.4, 0.5) is 0 Å². The Balaban J connectivity index is 1.57. The van der Waals surface area contributed by atoms with Gasteiger partial charge in [-0.2, -0.15) is 5.26 Å². The molecule has 0 spiro atoms. The van der Waals surface area contributed by atoms with Crippen LogP contribution in [0.5, 0.6) is 0 Å². The minimum absolute atomic E-state index is 0.0746. The van der Waals surface area contributed by atoms with E-state index in [9.17, 15) is 10.1 Å². The number of aromatic nitrogens is 3. The fraction of sp³-hybridized carbons (Fsp3) is 0.765. The van der Waals surface area contributed by atoms with Crippen LogP contribution in [0.2, 0.25) is 0 Å². The summed E-state index contributed by atoms with van der Waals surface area (Å²) in [5.41, 5.74) is -0.671. The van der Waals surface area contributed by atoms with E-state index in [1.807, 2.05) is 0 Å². The fourth-order valence-corrected chi connectivity index (χ4v) is 4.38. The van der Waals surface area contributed by atoms with Crippen LogP contribution in [0, 0.1) is 11.3 Å². The number of rotatable bonds is 4. The van der Waals surface area contributed by atoms with Crippen molar-refractivity contribution in [2.75, 3.05) is 5.75 Å². The highest BCUT2D eigenvalue weighted by molar-refractivity contribution is 7.99. The second kappa shape index (κ2) is 8.02. The average Bonchev–Trinajstić information content (AvgIpc) is 2.77. The van der Waals surface area contributed by atoms with E-state index >= 15 is 0 Å². The predicted octanol–water partition coefficient (Wildman–Crippen LogP) is 2.83. The van der Waals surface area contributed by atoms with E-state index in [1.165, 1.54) is 18.2 Å². The minimum atomic E-state index is -0.671. The number of nitrogens with one attached hydrogen (secondary N) is 1. The molecule has 0 radical (unpaired) electrons. The lowest BCUT2D eigenvalue weighted by atomic mass is 9.92. The van der Waals surface area contributed by atoms with Crippen LogP contribution in [0.15, 0.2) is 5.16 Å². The number of hydrogen-bond donors (Lipinski definition) is 1. The quantitative estimate of drug-likeness (QED) is 0.669. The summed E-state index contributed by atoms with van der Waals surface area (Å²) in [6.45, 7) is 0.939. The SMILES string of the molecule is N#CC1(NC(=O)CSc2nnc3n2CCCCC3)CCCCCC1. The van der Waals surface area contributed by atoms with Gasteiger partial charge in [0.05, 0.1) is 11.8 Å². The van der Waals surface area contributed by atoms with E-state index in [0.717, 1.165) is 75.3 Å². The highest BCUT2D eigenvalue weighted by atomic mass is 32.2. The molecule has 1 amide bonds. The van der Waals surface area contributed by atoms with Crippen LogP contribution in [-0.4, -0.2) is 32.0 Å². The van der Waals surface area contributed by atoms with E-state index in [4.69, 9.17) is 0 Å². The Kier molecular flexibility index (Phi) is 5.77. The van der Waals surface area contributed by atoms with Gasteiger partial charge in [-0.1, -0.05) is 43.9 Å². The Morgan fingerprint density at radius 1 is 1.17 bits per heavy atom. The maximum atomic E-state index is 12.4. The lowest BCUT2D eigenvalue weighted by molar-refractivity contribution is -0.120. The number of thioether (sulfide) groups is 1. The van der Waals surface area contributed by atoms with E-state index in [-0.39, 0.29) is 5.91 Å². The number of nitrogens with zero attached hydrogens (tertiary/aromatic N) is 4. The first-order valence-corrected chi connectivity index (χ1v) is 9.98. The van der Waals surface area contributed by atoms with Gasteiger partial charge in [-0.15, -0.1) is 10.2 Å². The summed E-state index contributed by atoms with van der Waals surface area (Å²) in [6, 6.07) is 2.37. The summed E-state index contributed by atoms with van der Waals surface area (Å²) >= 11 is 1.43. The van der Waals surface area contributed by atoms with Crippen LogP contribution in [-0.2, 0) is 17.8 Å². The van der Waals surface area contributed by atoms with Gasteiger partial charge in [-0.25, -0.2) is 0 Å². The van der Waals surface area contributed by atoms with E-state index in [1.54, 1.807) is 0 Å². The van der Waals surface area contributed by atoms with Crippen LogP contribution in [0.1, 0.15) is 63.6 Å². The zero-order chi connectivity index (χ0) is 16.8. The zero-order valence-electron chi connectivity index (χ0n) is 14.1. The van der Waals surface area contributed by atoms with Gasteiger partial charge in [0.25, 0.3) is 0 Å². The summed E-state index contributed by atoms with van der Waals surface area (Å²) in [5.74, 6) is 1.25. The normalized spacial score (nSPS) is 20.3. The molecule has 130 valence electrons. The number of carbonyl (C=O) groups is 1. The highest BCUT2D eigenvalue weighted by Crippen LogP contribution is 2.27. The van der Waals surface area contributed by atoms with E-state index in [0.29, 0.717) is 5.75 Å². The van der Waals surface area contributed by atoms with Gasteiger partial charge in [0.15, 0.2) is 5.16 Å².